The Morgan fingerprint density at radius 3 is 2.31 bits per heavy atom. The molecule has 2 heteroatoms. The molecule has 1 atom stereocenters. The van der Waals surface area contributed by atoms with Gasteiger partial charge in [0.15, 0.2) is 0 Å². The maximum absolute atomic E-state index is 12.0. The number of carbonyl (C=O) groups excluding carboxylic acids is 1. The molecule has 0 aromatic heterocycles. The molecule has 1 aromatic carbocycles. The number of hydrogen-bond acceptors (Lipinski definition) is 1. The van der Waals surface area contributed by atoms with Crippen LogP contribution in [-0.4, -0.2) is 16.8 Å². The van der Waals surface area contributed by atoms with Crippen molar-refractivity contribution in [1.82, 2.24) is 4.90 Å². The van der Waals surface area contributed by atoms with Crippen LogP contribution in [0.2, 0.25) is 0 Å². The molecule has 0 bridgehead atoms. The molecule has 2 rings (SSSR count). The molecule has 16 heavy (non-hydrogen) atoms. The third kappa shape index (κ3) is 1.75. The van der Waals surface area contributed by atoms with Gasteiger partial charge in [-0.1, -0.05) is 30.3 Å². The third-order valence-corrected chi connectivity index (χ3v) is 3.46. The summed E-state index contributed by atoms with van der Waals surface area (Å²) in [5.74, 6) is 0.175. The number of hydrogen-bond donors (Lipinski definition) is 0. The molecule has 1 amide bonds. The van der Waals surface area contributed by atoms with Crippen molar-refractivity contribution in [1.29, 1.82) is 0 Å². The Kier molecular flexibility index (Phi) is 2.82. The van der Waals surface area contributed by atoms with Gasteiger partial charge in [-0.3, -0.25) is 4.79 Å². The number of carbonyl (C=O) groups is 1. The van der Waals surface area contributed by atoms with Crippen LogP contribution in [0.4, 0.5) is 0 Å². The second-order valence-electron chi connectivity index (χ2n) is 4.40. The standard InChI is InChI=1S/C14H17NO/c1-10-11(2)14(16)15(12(10)3)9-13-7-5-4-6-8-13/h4-8,12H,9H2,1-3H3. The van der Waals surface area contributed by atoms with Crippen LogP contribution in [0.5, 0.6) is 0 Å². The molecule has 1 aliphatic heterocycles. The highest BCUT2D eigenvalue weighted by molar-refractivity contribution is 5.96. The topological polar surface area (TPSA) is 20.3 Å². The van der Waals surface area contributed by atoms with E-state index >= 15 is 0 Å². The molecule has 1 heterocycles. The zero-order valence-electron chi connectivity index (χ0n) is 10.0. The summed E-state index contributed by atoms with van der Waals surface area (Å²) >= 11 is 0. The molecule has 0 radical (unpaired) electrons. The average molecular weight is 215 g/mol. The van der Waals surface area contributed by atoms with Crippen molar-refractivity contribution in [2.75, 3.05) is 0 Å². The van der Waals surface area contributed by atoms with E-state index in [0.29, 0.717) is 6.54 Å². The molecule has 84 valence electrons. The molecule has 0 saturated carbocycles. The summed E-state index contributed by atoms with van der Waals surface area (Å²) in [6.07, 6.45) is 0. The zero-order chi connectivity index (χ0) is 11.7. The summed E-state index contributed by atoms with van der Waals surface area (Å²) in [7, 11) is 0. The highest BCUT2D eigenvalue weighted by Crippen LogP contribution is 2.26. The normalized spacial score (nSPS) is 20.8. The Bertz CT molecular complexity index is 433. The highest BCUT2D eigenvalue weighted by Gasteiger charge is 2.31. The Balaban J connectivity index is 2.17. The summed E-state index contributed by atoms with van der Waals surface area (Å²) in [6, 6.07) is 10.4. The lowest BCUT2D eigenvalue weighted by Crippen LogP contribution is -2.32. The van der Waals surface area contributed by atoms with E-state index in [1.54, 1.807) is 0 Å². The van der Waals surface area contributed by atoms with E-state index < -0.39 is 0 Å². The minimum absolute atomic E-state index is 0.175. The van der Waals surface area contributed by atoms with Gasteiger partial charge in [0.05, 0.1) is 6.04 Å². The molecule has 0 N–H and O–H groups in total. The molecule has 0 saturated heterocycles. The molecular weight excluding hydrogens is 198 g/mol. The van der Waals surface area contributed by atoms with Crippen molar-refractivity contribution in [3.8, 4) is 0 Å². The Morgan fingerprint density at radius 2 is 1.81 bits per heavy atom. The first-order chi connectivity index (χ1) is 7.61. The molecular formula is C14H17NO. The molecule has 0 aliphatic carbocycles. The molecule has 2 nitrogen and oxygen atoms in total. The molecule has 1 unspecified atom stereocenters. The Labute approximate surface area is 96.6 Å². The minimum Gasteiger partial charge on any atom is -0.328 e. The van der Waals surface area contributed by atoms with Crippen molar-refractivity contribution >= 4 is 5.91 Å². The molecule has 1 aliphatic rings. The molecule has 0 spiro atoms. The van der Waals surface area contributed by atoms with Crippen molar-refractivity contribution in [3.63, 3.8) is 0 Å². The lowest BCUT2D eigenvalue weighted by molar-refractivity contribution is -0.127. The second kappa shape index (κ2) is 4.12. The van der Waals surface area contributed by atoms with E-state index in [0.717, 1.165) is 5.57 Å². The van der Waals surface area contributed by atoms with Gasteiger partial charge in [0.2, 0.25) is 5.91 Å². The smallest absolute Gasteiger partial charge is 0.250 e. The quantitative estimate of drug-likeness (QED) is 0.743. The van der Waals surface area contributed by atoms with Crippen LogP contribution in [-0.2, 0) is 11.3 Å². The van der Waals surface area contributed by atoms with E-state index in [1.165, 1.54) is 11.1 Å². The van der Waals surface area contributed by atoms with Gasteiger partial charge in [0, 0.05) is 12.1 Å². The van der Waals surface area contributed by atoms with Gasteiger partial charge >= 0.3 is 0 Å². The fourth-order valence-electron chi connectivity index (χ4n) is 2.10. The number of rotatable bonds is 2. The average Bonchev–Trinajstić information content (AvgIpc) is 2.48. The van der Waals surface area contributed by atoms with Gasteiger partial charge in [0.25, 0.3) is 0 Å². The van der Waals surface area contributed by atoms with Gasteiger partial charge in [-0.25, -0.2) is 0 Å². The highest BCUT2D eigenvalue weighted by atomic mass is 16.2. The van der Waals surface area contributed by atoms with E-state index in [-0.39, 0.29) is 11.9 Å². The van der Waals surface area contributed by atoms with Gasteiger partial charge in [-0.05, 0) is 31.9 Å². The summed E-state index contributed by atoms with van der Waals surface area (Å²) in [5, 5.41) is 0. The van der Waals surface area contributed by atoms with Crippen LogP contribution < -0.4 is 0 Å². The van der Waals surface area contributed by atoms with Crippen LogP contribution in [0.15, 0.2) is 41.5 Å². The first kappa shape index (κ1) is 10.9. The summed E-state index contributed by atoms with van der Waals surface area (Å²) in [4.78, 5) is 13.9. The fraction of sp³-hybridized carbons (Fsp3) is 0.357. The van der Waals surface area contributed by atoms with E-state index in [4.69, 9.17) is 0 Å². The fourth-order valence-corrected chi connectivity index (χ4v) is 2.10. The van der Waals surface area contributed by atoms with Gasteiger partial charge < -0.3 is 4.90 Å². The number of amides is 1. The van der Waals surface area contributed by atoms with Crippen molar-refractivity contribution in [2.45, 2.75) is 33.4 Å². The van der Waals surface area contributed by atoms with Gasteiger partial charge in [-0.2, -0.15) is 0 Å². The molecule has 1 aromatic rings. The van der Waals surface area contributed by atoms with Crippen molar-refractivity contribution < 1.29 is 4.79 Å². The summed E-state index contributed by atoms with van der Waals surface area (Å²) in [6.45, 7) is 6.75. The summed E-state index contributed by atoms with van der Waals surface area (Å²) in [5.41, 5.74) is 3.29. The SMILES string of the molecule is CC1=C(C)C(C)N(Cc2ccccc2)C1=O. The van der Waals surface area contributed by atoms with Gasteiger partial charge in [0.1, 0.15) is 0 Å². The number of benzene rings is 1. The lowest BCUT2D eigenvalue weighted by Gasteiger charge is -2.23. The van der Waals surface area contributed by atoms with Gasteiger partial charge in [-0.15, -0.1) is 0 Å². The van der Waals surface area contributed by atoms with Crippen molar-refractivity contribution in [3.05, 3.63) is 47.0 Å². The lowest BCUT2D eigenvalue weighted by atomic mass is 10.1. The van der Waals surface area contributed by atoms with Crippen LogP contribution in [0.25, 0.3) is 0 Å². The zero-order valence-corrected chi connectivity index (χ0v) is 10.0. The largest absolute Gasteiger partial charge is 0.328 e. The van der Waals surface area contributed by atoms with Crippen LogP contribution >= 0.6 is 0 Å². The Hall–Kier alpha value is -1.57. The molecule has 0 fully saturated rings. The maximum atomic E-state index is 12.0. The minimum atomic E-state index is 0.175. The van der Waals surface area contributed by atoms with E-state index in [9.17, 15) is 4.79 Å². The summed E-state index contributed by atoms with van der Waals surface area (Å²) < 4.78 is 0. The first-order valence-corrected chi connectivity index (χ1v) is 5.63. The third-order valence-electron chi connectivity index (χ3n) is 3.46. The van der Waals surface area contributed by atoms with Crippen molar-refractivity contribution in [2.24, 2.45) is 0 Å². The van der Waals surface area contributed by atoms with Crippen LogP contribution in [0.3, 0.4) is 0 Å². The maximum Gasteiger partial charge on any atom is 0.250 e. The van der Waals surface area contributed by atoms with E-state index in [1.807, 2.05) is 36.9 Å². The monoisotopic (exact) mass is 215 g/mol. The predicted octanol–water partition coefficient (Wildman–Crippen LogP) is 2.75. The van der Waals surface area contributed by atoms with Crippen LogP contribution in [0.1, 0.15) is 26.3 Å². The number of nitrogens with zero attached hydrogens (tertiary/aromatic N) is 1. The predicted molar refractivity (Wildman–Crippen MR) is 64.8 cm³/mol. The van der Waals surface area contributed by atoms with Crippen LogP contribution in [0, 0.1) is 0 Å². The first-order valence-electron chi connectivity index (χ1n) is 5.63. The Morgan fingerprint density at radius 1 is 1.19 bits per heavy atom. The second-order valence-corrected chi connectivity index (χ2v) is 4.40. The van der Waals surface area contributed by atoms with E-state index in [2.05, 4.69) is 19.1 Å².